The molecule has 2 atom stereocenters. The standard InChI is InChI=1S/C19H20ClF2N5O/c1-3-11-5-12(4-2)17(23-8-11)28-13-7-19(18(21)22)10-24-16-14(27(19)9-13)6-15(20)25-26-16/h3,5-6,8,13,18H,1,4,7,9-10H2,2H3,(H,24,26)/t13-,19-/m1/s1. The van der Waals surface area contributed by atoms with E-state index < -0.39 is 18.1 Å². The molecule has 9 heteroatoms. The summed E-state index contributed by atoms with van der Waals surface area (Å²) in [5.74, 6) is 0.922. The van der Waals surface area contributed by atoms with E-state index in [1.807, 2.05) is 13.0 Å². The lowest BCUT2D eigenvalue weighted by atomic mass is 9.93. The van der Waals surface area contributed by atoms with E-state index in [-0.39, 0.29) is 24.7 Å². The first kappa shape index (κ1) is 18.9. The summed E-state index contributed by atoms with van der Waals surface area (Å²) in [6, 6.07) is 3.51. The van der Waals surface area contributed by atoms with Crippen LogP contribution in [-0.2, 0) is 6.42 Å². The lowest BCUT2D eigenvalue weighted by molar-refractivity contribution is 0.0528. The Kier molecular flexibility index (Phi) is 4.82. The van der Waals surface area contributed by atoms with Gasteiger partial charge in [0.05, 0.1) is 12.2 Å². The third-order valence-corrected chi connectivity index (χ3v) is 5.53. The van der Waals surface area contributed by atoms with E-state index in [4.69, 9.17) is 16.3 Å². The molecule has 0 aliphatic carbocycles. The fraction of sp³-hybridized carbons (Fsp3) is 0.421. The maximum absolute atomic E-state index is 14.2. The van der Waals surface area contributed by atoms with Gasteiger partial charge in [0, 0.05) is 30.8 Å². The average Bonchev–Trinajstić information content (AvgIpc) is 3.08. The van der Waals surface area contributed by atoms with Crippen LogP contribution in [0.25, 0.3) is 6.08 Å². The highest BCUT2D eigenvalue weighted by atomic mass is 35.5. The van der Waals surface area contributed by atoms with Crippen molar-refractivity contribution in [3.05, 3.63) is 41.2 Å². The van der Waals surface area contributed by atoms with Crippen LogP contribution in [0.1, 0.15) is 24.5 Å². The number of halogens is 3. The molecule has 148 valence electrons. The smallest absolute Gasteiger partial charge is 0.263 e. The zero-order chi connectivity index (χ0) is 19.9. The van der Waals surface area contributed by atoms with E-state index in [1.54, 1.807) is 23.2 Å². The van der Waals surface area contributed by atoms with Gasteiger partial charge in [-0.05, 0) is 18.1 Å². The maximum Gasteiger partial charge on any atom is 0.263 e. The van der Waals surface area contributed by atoms with Gasteiger partial charge in [-0.2, -0.15) is 0 Å². The molecule has 0 amide bonds. The summed E-state index contributed by atoms with van der Waals surface area (Å²) < 4.78 is 34.5. The van der Waals surface area contributed by atoms with Gasteiger partial charge in [0.15, 0.2) is 11.0 Å². The topological polar surface area (TPSA) is 63.2 Å². The molecule has 1 saturated heterocycles. The number of ether oxygens (including phenoxy) is 1. The van der Waals surface area contributed by atoms with Gasteiger partial charge in [0.1, 0.15) is 11.6 Å². The molecular weight excluding hydrogens is 388 g/mol. The number of aryl methyl sites for hydroxylation is 1. The Morgan fingerprint density at radius 2 is 2.29 bits per heavy atom. The first-order chi connectivity index (χ1) is 13.5. The highest BCUT2D eigenvalue weighted by Gasteiger charge is 2.56. The third kappa shape index (κ3) is 3.05. The fourth-order valence-electron chi connectivity index (χ4n) is 3.90. The Morgan fingerprint density at radius 1 is 1.46 bits per heavy atom. The van der Waals surface area contributed by atoms with Crippen molar-refractivity contribution in [2.45, 2.75) is 37.8 Å². The molecule has 2 aromatic rings. The van der Waals surface area contributed by atoms with Crippen molar-refractivity contribution in [3.8, 4) is 5.88 Å². The van der Waals surface area contributed by atoms with Crippen LogP contribution in [-0.4, -0.2) is 46.3 Å². The van der Waals surface area contributed by atoms with Crippen LogP contribution in [0.3, 0.4) is 0 Å². The lowest BCUT2D eigenvalue weighted by Gasteiger charge is -2.43. The van der Waals surface area contributed by atoms with Gasteiger partial charge < -0.3 is 15.0 Å². The highest BCUT2D eigenvalue weighted by Crippen LogP contribution is 2.45. The quantitative estimate of drug-likeness (QED) is 0.813. The molecule has 0 spiro atoms. The third-order valence-electron chi connectivity index (χ3n) is 5.35. The first-order valence-corrected chi connectivity index (χ1v) is 9.45. The molecule has 1 fully saturated rings. The molecule has 28 heavy (non-hydrogen) atoms. The van der Waals surface area contributed by atoms with Crippen LogP contribution in [0.15, 0.2) is 24.9 Å². The molecule has 0 aromatic carbocycles. The predicted octanol–water partition coefficient (Wildman–Crippen LogP) is 3.82. The summed E-state index contributed by atoms with van der Waals surface area (Å²) in [6.07, 6.45) is 1.24. The summed E-state index contributed by atoms with van der Waals surface area (Å²) in [5, 5.41) is 10.9. The van der Waals surface area contributed by atoms with Gasteiger partial charge in [-0.15, -0.1) is 10.2 Å². The van der Waals surface area contributed by atoms with E-state index >= 15 is 0 Å². The van der Waals surface area contributed by atoms with E-state index in [0.717, 1.165) is 17.5 Å². The van der Waals surface area contributed by atoms with Crippen molar-refractivity contribution in [1.82, 2.24) is 15.2 Å². The zero-order valence-electron chi connectivity index (χ0n) is 15.3. The number of pyridine rings is 1. The van der Waals surface area contributed by atoms with Gasteiger partial charge in [-0.1, -0.05) is 31.2 Å². The molecule has 4 rings (SSSR count). The number of nitrogens with one attached hydrogen (secondary N) is 1. The Morgan fingerprint density at radius 3 is 3.00 bits per heavy atom. The zero-order valence-corrected chi connectivity index (χ0v) is 16.1. The number of fused-ring (bicyclic) bond motifs is 3. The largest absolute Gasteiger partial charge is 0.472 e. The molecule has 4 heterocycles. The Hall–Kier alpha value is -2.48. The van der Waals surface area contributed by atoms with Crippen molar-refractivity contribution >= 4 is 29.2 Å². The average molecular weight is 408 g/mol. The predicted molar refractivity (Wildman–Crippen MR) is 104 cm³/mol. The summed E-state index contributed by atoms with van der Waals surface area (Å²) in [7, 11) is 0. The number of alkyl halides is 2. The number of anilines is 2. The Bertz CT molecular complexity index is 912. The molecule has 0 radical (unpaired) electrons. The van der Waals surface area contributed by atoms with Gasteiger partial charge in [-0.25, -0.2) is 13.8 Å². The van der Waals surface area contributed by atoms with Crippen LogP contribution in [0.4, 0.5) is 20.3 Å². The SMILES string of the molecule is C=Cc1cnc(O[C@H]2CN3c4cc(Cl)nnc4NC[C@@]3(C(F)F)C2)c(CC)c1. The fourth-order valence-corrected chi connectivity index (χ4v) is 4.04. The van der Waals surface area contributed by atoms with Gasteiger partial charge in [0.25, 0.3) is 6.43 Å². The number of nitrogens with zero attached hydrogens (tertiary/aromatic N) is 4. The monoisotopic (exact) mass is 407 g/mol. The molecule has 2 aliphatic heterocycles. The van der Waals surface area contributed by atoms with E-state index in [2.05, 4.69) is 27.1 Å². The molecule has 1 N–H and O–H groups in total. The Balaban J connectivity index is 1.65. The van der Waals surface area contributed by atoms with Gasteiger partial charge in [-0.3, -0.25) is 0 Å². The van der Waals surface area contributed by atoms with E-state index in [9.17, 15) is 8.78 Å². The summed E-state index contributed by atoms with van der Waals surface area (Å²) in [4.78, 5) is 6.02. The van der Waals surface area contributed by atoms with Crippen molar-refractivity contribution in [2.75, 3.05) is 23.3 Å². The minimum Gasteiger partial charge on any atom is -0.472 e. The number of rotatable bonds is 5. The van der Waals surface area contributed by atoms with Gasteiger partial charge >= 0.3 is 0 Å². The van der Waals surface area contributed by atoms with Crippen LogP contribution >= 0.6 is 11.6 Å². The molecular formula is C19H20ClF2N5O. The van der Waals surface area contributed by atoms with Crippen LogP contribution in [0, 0.1) is 0 Å². The van der Waals surface area contributed by atoms with Crippen molar-refractivity contribution < 1.29 is 13.5 Å². The van der Waals surface area contributed by atoms with Crippen molar-refractivity contribution in [2.24, 2.45) is 0 Å². The maximum atomic E-state index is 14.2. The van der Waals surface area contributed by atoms with E-state index in [0.29, 0.717) is 17.4 Å². The number of hydrogen-bond acceptors (Lipinski definition) is 6. The van der Waals surface area contributed by atoms with Crippen molar-refractivity contribution in [1.29, 1.82) is 0 Å². The molecule has 2 aromatic heterocycles. The lowest BCUT2D eigenvalue weighted by Crippen LogP contribution is -2.57. The van der Waals surface area contributed by atoms with Gasteiger partial charge in [0.2, 0.25) is 5.88 Å². The minimum absolute atomic E-state index is 0.0529. The van der Waals surface area contributed by atoms with Crippen LogP contribution in [0.5, 0.6) is 5.88 Å². The summed E-state index contributed by atoms with van der Waals surface area (Å²) in [5.41, 5.74) is 0.935. The molecule has 0 saturated carbocycles. The molecule has 6 nitrogen and oxygen atoms in total. The van der Waals surface area contributed by atoms with Crippen LogP contribution < -0.4 is 15.0 Å². The Labute approximate surface area is 166 Å². The molecule has 2 aliphatic rings. The van der Waals surface area contributed by atoms with Crippen LogP contribution in [0.2, 0.25) is 5.15 Å². The second kappa shape index (κ2) is 7.16. The molecule has 0 unspecified atom stereocenters. The van der Waals surface area contributed by atoms with Crippen molar-refractivity contribution in [3.63, 3.8) is 0 Å². The number of hydrogen-bond donors (Lipinski definition) is 1. The minimum atomic E-state index is -2.57. The second-order valence-electron chi connectivity index (χ2n) is 7.00. The summed E-state index contributed by atoms with van der Waals surface area (Å²) in [6.45, 7) is 6.08. The van der Waals surface area contributed by atoms with E-state index in [1.165, 1.54) is 0 Å². The summed E-state index contributed by atoms with van der Waals surface area (Å²) >= 11 is 5.96. The highest BCUT2D eigenvalue weighted by molar-refractivity contribution is 6.29. The first-order valence-electron chi connectivity index (χ1n) is 9.07. The second-order valence-corrected chi connectivity index (χ2v) is 7.39. The normalized spacial score (nSPS) is 23.2. The number of aromatic nitrogens is 3. The molecule has 0 bridgehead atoms.